The zero-order chi connectivity index (χ0) is 14.5. The first-order valence-electron chi connectivity index (χ1n) is 6.57. The number of pyridine rings is 1. The molecule has 0 saturated heterocycles. The molecule has 104 valence electrons. The van der Waals surface area contributed by atoms with Gasteiger partial charge in [-0.15, -0.1) is 0 Å². The van der Waals surface area contributed by atoms with Crippen LogP contribution in [0.15, 0.2) is 35.5 Å². The molecule has 1 aromatic heterocycles. The maximum atomic E-state index is 10.0. The first-order valence-corrected chi connectivity index (χ1v) is 6.57. The van der Waals surface area contributed by atoms with Crippen molar-refractivity contribution in [1.82, 2.24) is 4.98 Å². The molecule has 0 aliphatic heterocycles. The van der Waals surface area contributed by atoms with Gasteiger partial charge in [-0.1, -0.05) is 19.1 Å². The van der Waals surface area contributed by atoms with Crippen molar-refractivity contribution in [3.8, 4) is 5.75 Å². The number of aliphatic hydroxyl groups excluding tert-OH is 1. The van der Waals surface area contributed by atoms with Gasteiger partial charge >= 0.3 is 0 Å². The Morgan fingerprint density at radius 3 is 2.55 bits per heavy atom. The number of nitrogens with zero attached hydrogens (tertiary/aromatic N) is 2. The molecule has 0 unspecified atom stereocenters. The molecule has 0 atom stereocenters. The second kappa shape index (κ2) is 6.30. The summed E-state index contributed by atoms with van der Waals surface area (Å²) in [6.07, 6.45) is 4.11. The molecule has 0 aliphatic carbocycles. The van der Waals surface area contributed by atoms with Gasteiger partial charge in [0, 0.05) is 23.5 Å². The zero-order valence-corrected chi connectivity index (χ0v) is 11.7. The molecule has 2 rings (SSSR count). The lowest BCUT2D eigenvalue weighted by Gasteiger charge is -2.07. The minimum atomic E-state index is -0.184. The van der Waals surface area contributed by atoms with Gasteiger partial charge in [0.15, 0.2) is 0 Å². The number of aryl methyl sites for hydroxylation is 2. The molecular formula is C16H18N2O2. The zero-order valence-electron chi connectivity index (χ0n) is 11.7. The Balaban J connectivity index is 2.32. The number of aliphatic imine (C=N–C) groups is 1. The van der Waals surface area contributed by atoms with E-state index in [0.29, 0.717) is 16.8 Å². The molecular weight excluding hydrogens is 252 g/mol. The van der Waals surface area contributed by atoms with E-state index in [1.807, 2.05) is 24.3 Å². The monoisotopic (exact) mass is 270 g/mol. The summed E-state index contributed by atoms with van der Waals surface area (Å²) in [5, 5.41) is 19.3. The molecule has 4 nitrogen and oxygen atoms in total. The summed E-state index contributed by atoms with van der Waals surface area (Å²) in [5.74, 6) is 0.0606. The average molecular weight is 270 g/mol. The van der Waals surface area contributed by atoms with Crippen LogP contribution in [0, 0.1) is 6.92 Å². The molecule has 0 radical (unpaired) electrons. The van der Waals surface area contributed by atoms with Crippen LogP contribution in [0.2, 0.25) is 0 Å². The fraction of sp³-hybridized carbons (Fsp3) is 0.250. The van der Waals surface area contributed by atoms with E-state index in [2.05, 4.69) is 16.9 Å². The van der Waals surface area contributed by atoms with Gasteiger partial charge < -0.3 is 10.2 Å². The minimum absolute atomic E-state index is 0.0606. The van der Waals surface area contributed by atoms with E-state index >= 15 is 0 Å². The molecule has 1 heterocycles. The second-order valence-electron chi connectivity index (χ2n) is 4.57. The first-order chi connectivity index (χ1) is 9.65. The predicted molar refractivity (Wildman–Crippen MR) is 79.6 cm³/mol. The summed E-state index contributed by atoms with van der Waals surface area (Å²) in [5.41, 5.74) is 3.65. The van der Waals surface area contributed by atoms with E-state index in [4.69, 9.17) is 0 Å². The van der Waals surface area contributed by atoms with Crippen LogP contribution in [0.4, 0.5) is 5.69 Å². The van der Waals surface area contributed by atoms with Crippen LogP contribution in [0.5, 0.6) is 5.75 Å². The maximum Gasteiger partial charge on any atom is 0.145 e. The number of hydrogen-bond donors (Lipinski definition) is 2. The van der Waals surface area contributed by atoms with E-state index in [1.54, 1.807) is 19.3 Å². The maximum absolute atomic E-state index is 10.0. The summed E-state index contributed by atoms with van der Waals surface area (Å²) in [4.78, 5) is 8.35. The standard InChI is InChI=1S/C16H18N2O2/c1-3-12-4-6-14(7-5-12)18-9-15-13(10-19)8-17-11(2)16(15)20/h4-9,19-20H,3,10H2,1-2H3. The van der Waals surface area contributed by atoms with Gasteiger partial charge in [0.05, 0.1) is 18.0 Å². The van der Waals surface area contributed by atoms with Crippen molar-refractivity contribution in [2.24, 2.45) is 4.99 Å². The quantitative estimate of drug-likeness (QED) is 0.839. The van der Waals surface area contributed by atoms with Gasteiger partial charge in [-0.25, -0.2) is 0 Å². The largest absolute Gasteiger partial charge is 0.505 e. The van der Waals surface area contributed by atoms with E-state index in [-0.39, 0.29) is 12.4 Å². The molecule has 0 bridgehead atoms. The second-order valence-corrected chi connectivity index (χ2v) is 4.57. The van der Waals surface area contributed by atoms with E-state index in [9.17, 15) is 10.2 Å². The Bertz CT molecular complexity index is 619. The molecule has 0 fully saturated rings. The summed E-state index contributed by atoms with van der Waals surface area (Å²) in [6, 6.07) is 7.91. The number of aromatic nitrogens is 1. The highest BCUT2D eigenvalue weighted by molar-refractivity contribution is 5.87. The Labute approximate surface area is 118 Å². The fourth-order valence-corrected chi connectivity index (χ4v) is 1.88. The van der Waals surface area contributed by atoms with Crippen LogP contribution in [0.3, 0.4) is 0 Å². The highest BCUT2D eigenvalue weighted by atomic mass is 16.3. The van der Waals surface area contributed by atoms with Crippen LogP contribution in [-0.2, 0) is 13.0 Å². The number of benzene rings is 1. The Kier molecular flexibility index (Phi) is 4.48. The molecule has 2 aromatic rings. The lowest BCUT2D eigenvalue weighted by molar-refractivity contribution is 0.280. The highest BCUT2D eigenvalue weighted by Gasteiger charge is 2.09. The van der Waals surface area contributed by atoms with Crippen LogP contribution in [-0.4, -0.2) is 21.4 Å². The number of aliphatic hydroxyl groups is 1. The first kappa shape index (κ1) is 14.2. The summed E-state index contributed by atoms with van der Waals surface area (Å²) >= 11 is 0. The Morgan fingerprint density at radius 1 is 1.25 bits per heavy atom. The third-order valence-corrected chi connectivity index (χ3v) is 3.22. The third kappa shape index (κ3) is 3.03. The topological polar surface area (TPSA) is 65.7 Å². The van der Waals surface area contributed by atoms with Gasteiger partial charge in [0.25, 0.3) is 0 Å². The molecule has 0 aliphatic rings. The van der Waals surface area contributed by atoms with E-state index in [1.165, 1.54) is 5.56 Å². The van der Waals surface area contributed by atoms with Gasteiger partial charge in [-0.3, -0.25) is 9.98 Å². The van der Waals surface area contributed by atoms with E-state index < -0.39 is 0 Å². The van der Waals surface area contributed by atoms with Crippen molar-refractivity contribution in [3.05, 3.63) is 52.8 Å². The highest BCUT2D eigenvalue weighted by Crippen LogP contribution is 2.23. The van der Waals surface area contributed by atoms with Gasteiger partial charge in [-0.05, 0) is 31.0 Å². The number of aromatic hydroxyl groups is 1. The summed E-state index contributed by atoms with van der Waals surface area (Å²) in [7, 11) is 0. The minimum Gasteiger partial charge on any atom is -0.505 e. The molecule has 0 saturated carbocycles. The fourth-order valence-electron chi connectivity index (χ4n) is 1.88. The Morgan fingerprint density at radius 2 is 1.95 bits per heavy atom. The average Bonchev–Trinajstić information content (AvgIpc) is 2.49. The van der Waals surface area contributed by atoms with Gasteiger partial charge in [0.1, 0.15) is 5.75 Å². The molecule has 1 aromatic carbocycles. The van der Waals surface area contributed by atoms with Crippen LogP contribution >= 0.6 is 0 Å². The third-order valence-electron chi connectivity index (χ3n) is 3.22. The lowest BCUT2D eigenvalue weighted by Crippen LogP contribution is -1.97. The molecule has 20 heavy (non-hydrogen) atoms. The molecule has 2 N–H and O–H groups in total. The van der Waals surface area contributed by atoms with Crippen LogP contribution in [0.25, 0.3) is 0 Å². The van der Waals surface area contributed by atoms with Crippen molar-refractivity contribution >= 4 is 11.9 Å². The molecule has 0 amide bonds. The lowest BCUT2D eigenvalue weighted by atomic mass is 10.1. The normalized spacial score (nSPS) is 11.2. The Hall–Kier alpha value is -2.20. The number of hydrogen-bond acceptors (Lipinski definition) is 4. The van der Waals surface area contributed by atoms with Crippen molar-refractivity contribution in [2.45, 2.75) is 26.9 Å². The van der Waals surface area contributed by atoms with Gasteiger partial charge in [0.2, 0.25) is 0 Å². The summed E-state index contributed by atoms with van der Waals surface area (Å²) < 4.78 is 0. The summed E-state index contributed by atoms with van der Waals surface area (Å²) in [6.45, 7) is 3.63. The smallest absolute Gasteiger partial charge is 0.145 e. The SMILES string of the molecule is CCc1ccc(N=Cc2c(CO)cnc(C)c2O)cc1. The predicted octanol–water partition coefficient (Wildman–Crippen LogP) is 2.90. The van der Waals surface area contributed by atoms with Crippen LogP contribution < -0.4 is 0 Å². The van der Waals surface area contributed by atoms with Crippen molar-refractivity contribution < 1.29 is 10.2 Å². The van der Waals surface area contributed by atoms with Gasteiger partial charge in [-0.2, -0.15) is 0 Å². The van der Waals surface area contributed by atoms with E-state index in [0.717, 1.165) is 12.1 Å². The number of rotatable bonds is 4. The van der Waals surface area contributed by atoms with Crippen LogP contribution in [0.1, 0.15) is 29.3 Å². The van der Waals surface area contributed by atoms with Crippen molar-refractivity contribution in [3.63, 3.8) is 0 Å². The van der Waals surface area contributed by atoms with Crippen molar-refractivity contribution in [2.75, 3.05) is 0 Å². The van der Waals surface area contributed by atoms with Crippen molar-refractivity contribution in [1.29, 1.82) is 0 Å². The molecule has 0 spiro atoms. The molecule has 4 heteroatoms.